The molecule has 0 atom stereocenters. The van der Waals surface area contributed by atoms with E-state index >= 15 is 0 Å². The average molecular weight is 242 g/mol. The average Bonchev–Trinajstić information content (AvgIpc) is 2.46. The molecule has 0 radical (unpaired) electrons. The zero-order valence-electron chi connectivity index (χ0n) is 10.1. The Morgan fingerprint density at radius 2 is 2.00 bits per heavy atom. The first-order valence-electron chi connectivity index (χ1n) is 5.62. The second-order valence-electron chi connectivity index (χ2n) is 3.76. The largest absolute Gasteiger partial charge is 0.465 e. The number of nitrogens with zero attached hydrogens (tertiary/aromatic N) is 1. The molecular formula is C14H14N2O2. The zero-order chi connectivity index (χ0) is 12.8. The Balaban J connectivity index is 1.97. The van der Waals surface area contributed by atoms with Crippen molar-refractivity contribution in [1.29, 1.82) is 0 Å². The van der Waals surface area contributed by atoms with E-state index in [2.05, 4.69) is 15.0 Å². The third-order valence-electron chi connectivity index (χ3n) is 2.51. The summed E-state index contributed by atoms with van der Waals surface area (Å²) in [6, 6.07) is 13.0. The number of aromatic nitrogens is 1. The lowest BCUT2D eigenvalue weighted by Crippen LogP contribution is -2.03. The first-order valence-corrected chi connectivity index (χ1v) is 5.62. The molecule has 2 aromatic rings. The lowest BCUT2D eigenvalue weighted by atomic mass is 10.1. The second kappa shape index (κ2) is 5.82. The number of carbonyl (C=O) groups is 1. The molecule has 4 nitrogen and oxygen atoms in total. The molecular weight excluding hydrogens is 228 g/mol. The van der Waals surface area contributed by atoms with Gasteiger partial charge in [0.2, 0.25) is 0 Å². The van der Waals surface area contributed by atoms with Crippen LogP contribution in [0, 0.1) is 0 Å². The number of rotatable bonds is 4. The number of esters is 1. The van der Waals surface area contributed by atoms with Crippen molar-refractivity contribution in [3.05, 3.63) is 59.8 Å². The van der Waals surface area contributed by atoms with Gasteiger partial charge in [0.1, 0.15) is 5.82 Å². The number of benzene rings is 1. The molecule has 0 fully saturated rings. The van der Waals surface area contributed by atoms with Crippen molar-refractivity contribution in [3.8, 4) is 0 Å². The molecule has 0 amide bonds. The van der Waals surface area contributed by atoms with Gasteiger partial charge in [0, 0.05) is 12.7 Å². The van der Waals surface area contributed by atoms with Gasteiger partial charge in [0.05, 0.1) is 12.7 Å². The Kier molecular flexibility index (Phi) is 3.91. The first-order chi connectivity index (χ1) is 8.79. The Labute approximate surface area is 106 Å². The van der Waals surface area contributed by atoms with Crippen LogP contribution >= 0.6 is 0 Å². The molecule has 1 aromatic heterocycles. The van der Waals surface area contributed by atoms with Crippen molar-refractivity contribution in [2.45, 2.75) is 6.54 Å². The summed E-state index contributed by atoms with van der Waals surface area (Å²) in [5.74, 6) is 0.508. The number of anilines is 1. The van der Waals surface area contributed by atoms with E-state index in [0.29, 0.717) is 12.1 Å². The van der Waals surface area contributed by atoms with Gasteiger partial charge in [-0.1, -0.05) is 18.2 Å². The maximum atomic E-state index is 11.3. The summed E-state index contributed by atoms with van der Waals surface area (Å²) >= 11 is 0. The molecule has 18 heavy (non-hydrogen) atoms. The van der Waals surface area contributed by atoms with Crippen LogP contribution in [0.2, 0.25) is 0 Å². The van der Waals surface area contributed by atoms with Crippen molar-refractivity contribution < 1.29 is 9.53 Å². The Morgan fingerprint density at radius 1 is 1.22 bits per heavy atom. The van der Waals surface area contributed by atoms with Gasteiger partial charge in [-0.05, 0) is 29.8 Å². The number of hydrogen-bond donors (Lipinski definition) is 1. The highest BCUT2D eigenvalue weighted by Gasteiger charge is 2.03. The van der Waals surface area contributed by atoms with Crippen molar-refractivity contribution in [1.82, 2.24) is 4.98 Å². The monoisotopic (exact) mass is 242 g/mol. The van der Waals surface area contributed by atoms with E-state index in [1.807, 2.05) is 30.3 Å². The van der Waals surface area contributed by atoms with Crippen LogP contribution in [0.1, 0.15) is 15.9 Å². The molecule has 1 N–H and O–H groups in total. The predicted octanol–water partition coefficient (Wildman–Crippen LogP) is 2.48. The number of pyridine rings is 1. The number of carbonyl (C=O) groups excluding carboxylic acids is 1. The summed E-state index contributed by atoms with van der Waals surface area (Å²) in [5.41, 5.74) is 1.63. The summed E-state index contributed by atoms with van der Waals surface area (Å²) in [5, 5.41) is 3.20. The highest BCUT2D eigenvalue weighted by molar-refractivity contribution is 5.89. The van der Waals surface area contributed by atoms with E-state index in [9.17, 15) is 4.79 Å². The van der Waals surface area contributed by atoms with Gasteiger partial charge in [0.15, 0.2) is 0 Å². The van der Waals surface area contributed by atoms with Gasteiger partial charge in [-0.15, -0.1) is 0 Å². The van der Waals surface area contributed by atoms with Crippen LogP contribution in [0.5, 0.6) is 0 Å². The lowest BCUT2D eigenvalue weighted by molar-refractivity contribution is 0.0600. The summed E-state index contributed by atoms with van der Waals surface area (Å²) in [7, 11) is 1.37. The standard InChI is InChI=1S/C14H14N2O2/c1-18-14(17)12-7-5-11(6-8-12)10-16-13-4-2-3-9-15-13/h2-9H,10H2,1H3,(H,15,16). The number of hydrogen-bond acceptors (Lipinski definition) is 4. The third kappa shape index (κ3) is 3.07. The molecule has 92 valence electrons. The Morgan fingerprint density at radius 3 is 2.61 bits per heavy atom. The molecule has 1 aromatic carbocycles. The molecule has 0 saturated heterocycles. The third-order valence-corrected chi connectivity index (χ3v) is 2.51. The van der Waals surface area contributed by atoms with Gasteiger partial charge in [0.25, 0.3) is 0 Å². The fourth-order valence-corrected chi connectivity index (χ4v) is 1.54. The molecule has 0 spiro atoms. The quantitative estimate of drug-likeness (QED) is 0.837. The maximum absolute atomic E-state index is 11.3. The molecule has 2 rings (SSSR count). The molecule has 0 bridgehead atoms. The number of nitrogens with one attached hydrogen (secondary N) is 1. The predicted molar refractivity (Wildman–Crippen MR) is 69.3 cm³/mol. The number of methoxy groups -OCH3 is 1. The molecule has 0 unspecified atom stereocenters. The van der Waals surface area contributed by atoms with Crippen LogP contribution in [0.25, 0.3) is 0 Å². The zero-order valence-corrected chi connectivity index (χ0v) is 10.1. The minimum absolute atomic E-state index is 0.320. The minimum atomic E-state index is -0.320. The van der Waals surface area contributed by atoms with E-state index in [1.54, 1.807) is 18.3 Å². The SMILES string of the molecule is COC(=O)c1ccc(CNc2ccccn2)cc1. The topological polar surface area (TPSA) is 51.2 Å². The first kappa shape index (κ1) is 12.1. The molecule has 1 heterocycles. The smallest absolute Gasteiger partial charge is 0.337 e. The number of ether oxygens (including phenoxy) is 1. The van der Waals surface area contributed by atoms with Crippen LogP contribution < -0.4 is 5.32 Å². The fraction of sp³-hybridized carbons (Fsp3) is 0.143. The summed E-state index contributed by atoms with van der Waals surface area (Å²) in [6.45, 7) is 0.665. The maximum Gasteiger partial charge on any atom is 0.337 e. The molecule has 0 aliphatic carbocycles. The van der Waals surface area contributed by atoms with Crippen LogP contribution in [0.15, 0.2) is 48.7 Å². The van der Waals surface area contributed by atoms with Gasteiger partial charge >= 0.3 is 5.97 Å². The fourth-order valence-electron chi connectivity index (χ4n) is 1.54. The van der Waals surface area contributed by atoms with Gasteiger partial charge < -0.3 is 10.1 Å². The molecule has 0 aliphatic rings. The van der Waals surface area contributed by atoms with Gasteiger partial charge in [-0.3, -0.25) is 0 Å². The summed E-state index contributed by atoms with van der Waals surface area (Å²) in [4.78, 5) is 15.4. The van der Waals surface area contributed by atoms with E-state index in [0.717, 1.165) is 11.4 Å². The minimum Gasteiger partial charge on any atom is -0.465 e. The van der Waals surface area contributed by atoms with E-state index in [4.69, 9.17) is 0 Å². The van der Waals surface area contributed by atoms with Crippen LogP contribution in [-0.2, 0) is 11.3 Å². The summed E-state index contributed by atoms with van der Waals surface area (Å²) < 4.78 is 4.64. The van der Waals surface area contributed by atoms with Gasteiger partial charge in [-0.2, -0.15) is 0 Å². The van der Waals surface area contributed by atoms with E-state index in [1.165, 1.54) is 7.11 Å². The second-order valence-corrected chi connectivity index (χ2v) is 3.76. The van der Waals surface area contributed by atoms with Crippen LogP contribution in [0.3, 0.4) is 0 Å². The van der Waals surface area contributed by atoms with Crippen LogP contribution in [0.4, 0.5) is 5.82 Å². The van der Waals surface area contributed by atoms with Gasteiger partial charge in [-0.25, -0.2) is 9.78 Å². The van der Waals surface area contributed by atoms with Crippen molar-refractivity contribution in [2.24, 2.45) is 0 Å². The van der Waals surface area contributed by atoms with Crippen molar-refractivity contribution in [3.63, 3.8) is 0 Å². The van der Waals surface area contributed by atoms with Crippen molar-refractivity contribution in [2.75, 3.05) is 12.4 Å². The van der Waals surface area contributed by atoms with E-state index in [-0.39, 0.29) is 5.97 Å². The highest BCUT2D eigenvalue weighted by atomic mass is 16.5. The highest BCUT2D eigenvalue weighted by Crippen LogP contribution is 2.08. The normalized spacial score (nSPS) is 9.83. The van der Waals surface area contributed by atoms with E-state index < -0.39 is 0 Å². The Bertz CT molecular complexity index is 509. The molecule has 0 aliphatic heterocycles. The lowest BCUT2D eigenvalue weighted by Gasteiger charge is -2.06. The molecule has 0 saturated carbocycles. The van der Waals surface area contributed by atoms with Crippen molar-refractivity contribution >= 4 is 11.8 Å². The summed E-state index contributed by atoms with van der Waals surface area (Å²) in [6.07, 6.45) is 1.74. The Hall–Kier alpha value is -2.36. The molecule has 4 heteroatoms. The van der Waals surface area contributed by atoms with Crippen LogP contribution in [-0.4, -0.2) is 18.1 Å².